The largest absolute Gasteiger partial charge is 0.457 e. The number of hydrogen-bond acceptors (Lipinski definition) is 6. The number of carbonyl (C=O) groups is 2. The number of esters is 1. The Bertz CT molecular complexity index is 921. The highest BCUT2D eigenvalue weighted by Gasteiger charge is 2.36. The van der Waals surface area contributed by atoms with Crippen molar-refractivity contribution in [2.75, 3.05) is 0 Å². The second-order valence-corrected chi connectivity index (χ2v) is 9.98. The van der Waals surface area contributed by atoms with Crippen LogP contribution in [0.15, 0.2) is 40.1 Å². The summed E-state index contributed by atoms with van der Waals surface area (Å²) in [6.07, 6.45) is 10.0. The maximum Gasteiger partial charge on any atom is 0.306 e. The van der Waals surface area contributed by atoms with Gasteiger partial charge < -0.3 is 14.3 Å². The van der Waals surface area contributed by atoms with Crippen LogP contribution >= 0.6 is 0 Å². The molecule has 1 aromatic rings. The first kappa shape index (κ1) is 26.8. The van der Waals surface area contributed by atoms with Gasteiger partial charge in [-0.05, 0) is 44.3 Å². The summed E-state index contributed by atoms with van der Waals surface area (Å²) in [5, 5.41) is 10.7. The van der Waals surface area contributed by atoms with Gasteiger partial charge in [0, 0.05) is 31.1 Å². The van der Waals surface area contributed by atoms with Crippen LogP contribution in [0.3, 0.4) is 0 Å². The lowest BCUT2D eigenvalue weighted by atomic mass is 9.74. The summed E-state index contributed by atoms with van der Waals surface area (Å²) >= 11 is 0. The van der Waals surface area contributed by atoms with E-state index in [9.17, 15) is 14.7 Å². The summed E-state index contributed by atoms with van der Waals surface area (Å²) in [5.41, 5.74) is 1.86. The molecule has 33 heavy (non-hydrogen) atoms. The van der Waals surface area contributed by atoms with E-state index in [1.54, 1.807) is 20.1 Å². The molecule has 0 aliphatic carbocycles. The zero-order valence-electron chi connectivity index (χ0n) is 21.1. The quantitative estimate of drug-likeness (QED) is 0.581. The highest BCUT2D eigenvalue weighted by Crippen LogP contribution is 2.31. The molecule has 0 saturated carbocycles. The van der Waals surface area contributed by atoms with Crippen LogP contribution in [0.25, 0.3) is 6.08 Å². The monoisotopic (exact) mass is 457 g/mol. The Hall–Kier alpha value is -2.47. The summed E-state index contributed by atoms with van der Waals surface area (Å²) in [7, 11) is 0. The number of oxazole rings is 1. The van der Waals surface area contributed by atoms with Gasteiger partial charge in [-0.25, -0.2) is 4.98 Å². The fourth-order valence-electron chi connectivity index (χ4n) is 4.09. The van der Waals surface area contributed by atoms with Crippen molar-refractivity contribution in [3.8, 4) is 0 Å². The molecule has 0 bridgehead atoms. The van der Waals surface area contributed by atoms with Crippen LogP contribution in [0, 0.1) is 24.2 Å². The lowest BCUT2D eigenvalue weighted by Gasteiger charge is -2.31. The van der Waals surface area contributed by atoms with Gasteiger partial charge in [0.2, 0.25) is 0 Å². The van der Waals surface area contributed by atoms with Gasteiger partial charge in [0.1, 0.15) is 23.8 Å². The van der Waals surface area contributed by atoms with Gasteiger partial charge in [-0.15, -0.1) is 0 Å². The number of carbonyl (C=O) groups excluding carboxylic acids is 2. The first-order chi connectivity index (χ1) is 15.4. The van der Waals surface area contributed by atoms with E-state index >= 15 is 0 Å². The molecule has 1 aliphatic heterocycles. The predicted octanol–water partition coefficient (Wildman–Crippen LogP) is 5.60. The third-order valence-electron chi connectivity index (χ3n) is 6.47. The second-order valence-electron chi connectivity index (χ2n) is 9.98. The number of aliphatic hydroxyl groups is 1. The number of aliphatic hydroxyl groups excluding tert-OH is 1. The van der Waals surface area contributed by atoms with Gasteiger partial charge in [-0.2, -0.15) is 0 Å². The third-order valence-corrected chi connectivity index (χ3v) is 6.47. The van der Waals surface area contributed by atoms with Crippen molar-refractivity contribution in [2.45, 2.75) is 86.4 Å². The molecule has 0 saturated heterocycles. The molecule has 0 aromatic carbocycles. The molecule has 0 fully saturated rings. The maximum atomic E-state index is 13.1. The summed E-state index contributed by atoms with van der Waals surface area (Å²) in [4.78, 5) is 30.1. The van der Waals surface area contributed by atoms with Crippen molar-refractivity contribution in [1.82, 2.24) is 4.98 Å². The molecular weight excluding hydrogens is 418 g/mol. The number of Topliss-reactive ketones (excluding diaryl/α,β-unsaturated/α-hetero) is 1. The van der Waals surface area contributed by atoms with Crippen LogP contribution in [0.5, 0.6) is 0 Å². The van der Waals surface area contributed by atoms with Gasteiger partial charge in [-0.1, -0.05) is 51.5 Å². The Balaban J connectivity index is 2.32. The molecule has 6 heteroatoms. The van der Waals surface area contributed by atoms with E-state index in [4.69, 9.17) is 9.15 Å². The van der Waals surface area contributed by atoms with Gasteiger partial charge in [-0.3, -0.25) is 9.59 Å². The summed E-state index contributed by atoms with van der Waals surface area (Å²) in [5.74, 6) is -0.361. The van der Waals surface area contributed by atoms with E-state index in [0.717, 1.165) is 11.1 Å². The van der Waals surface area contributed by atoms with Gasteiger partial charge >= 0.3 is 5.97 Å². The number of nitrogens with zero attached hydrogens (tertiary/aromatic N) is 1. The average molecular weight is 458 g/mol. The highest BCUT2D eigenvalue weighted by molar-refractivity contribution is 5.87. The second kappa shape index (κ2) is 11.6. The predicted molar refractivity (Wildman–Crippen MR) is 129 cm³/mol. The topological polar surface area (TPSA) is 89.6 Å². The molecule has 0 spiro atoms. The lowest BCUT2D eigenvalue weighted by molar-refractivity contribution is -0.148. The van der Waals surface area contributed by atoms with Gasteiger partial charge in [0.25, 0.3) is 0 Å². The Morgan fingerprint density at radius 1 is 1.21 bits per heavy atom. The highest BCUT2D eigenvalue weighted by atomic mass is 16.5. The van der Waals surface area contributed by atoms with Crippen LogP contribution in [-0.2, 0) is 14.3 Å². The summed E-state index contributed by atoms with van der Waals surface area (Å²) in [6, 6.07) is 0. The van der Waals surface area contributed by atoms with E-state index < -0.39 is 23.5 Å². The van der Waals surface area contributed by atoms with Crippen molar-refractivity contribution in [1.29, 1.82) is 0 Å². The molecule has 2 heterocycles. The zero-order chi connectivity index (χ0) is 24.8. The van der Waals surface area contributed by atoms with Crippen LogP contribution in [-0.4, -0.2) is 34.1 Å². The third kappa shape index (κ3) is 7.81. The fourth-order valence-corrected chi connectivity index (χ4v) is 4.09. The normalized spacial score (nSPS) is 28.4. The standard InChI is InChI=1S/C27H39NO5/c1-17-9-8-10-18(2)25(30)20(4)26(31)27(6,7)14-13-24(29)33-23(12-11-17)19(3)15-22-16-32-21(5)28-22/h8-9,11,15-16,18,20,23,25,30H,10,12-14H2,1-7H3/b9-8?,17-11?,19-15+/t18-,20+,23-,25-/m0/s1. The molecule has 1 aromatic heterocycles. The molecule has 182 valence electrons. The van der Waals surface area contributed by atoms with Gasteiger partial charge in [0.15, 0.2) is 5.89 Å². The van der Waals surface area contributed by atoms with Crippen molar-refractivity contribution in [3.63, 3.8) is 0 Å². The first-order valence-corrected chi connectivity index (χ1v) is 11.8. The molecule has 0 amide bonds. The molecule has 0 unspecified atom stereocenters. The molecular formula is C27H39NO5. The minimum absolute atomic E-state index is 0.0316. The number of ether oxygens (including phenoxy) is 1. The number of hydrogen-bond donors (Lipinski definition) is 1. The summed E-state index contributed by atoms with van der Waals surface area (Å²) in [6.45, 7) is 13.1. The molecule has 0 radical (unpaired) electrons. The number of ketones is 1. The van der Waals surface area contributed by atoms with Crippen LogP contribution in [0.1, 0.15) is 78.8 Å². The van der Waals surface area contributed by atoms with E-state index in [1.807, 2.05) is 58.9 Å². The SMILES string of the molecule is CC1=CC[C@@H](/C(C)=C/c2coc(C)n2)OC(=O)CCC(C)(C)C(=O)[C@H](C)[C@@H](O)[C@@H](C)CC=C1. The number of cyclic esters (lactones) is 1. The van der Waals surface area contributed by atoms with E-state index in [0.29, 0.717) is 30.8 Å². The average Bonchev–Trinajstić information content (AvgIpc) is 3.17. The molecule has 1 N–H and O–H groups in total. The number of allylic oxidation sites excluding steroid dienone is 3. The minimum Gasteiger partial charge on any atom is -0.457 e. The number of aryl methyl sites for hydroxylation is 1. The summed E-state index contributed by atoms with van der Waals surface area (Å²) < 4.78 is 11.1. The van der Waals surface area contributed by atoms with E-state index in [2.05, 4.69) is 4.98 Å². The minimum atomic E-state index is -0.735. The molecule has 6 nitrogen and oxygen atoms in total. The number of rotatable bonds is 2. The molecule has 1 aliphatic rings. The van der Waals surface area contributed by atoms with Crippen LogP contribution < -0.4 is 0 Å². The molecule has 2 rings (SSSR count). The Kier molecular flexibility index (Phi) is 9.41. The Morgan fingerprint density at radius 2 is 1.91 bits per heavy atom. The Morgan fingerprint density at radius 3 is 2.55 bits per heavy atom. The number of aromatic nitrogens is 1. The van der Waals surface area contributed by atoms with Crippen LogP contribution in [0.4, 0.5) is 0 Å². The molecule has 4 atom stereocenters. The van der Waals surface area contributed by atoms with Crippen molar-refractivity contribution >= 4 is 17.8 Å². The zero-order valence-corrected chi connectivity index (χ0v) is 21.1. The van der Waals surface area contributed by atoms with E-state index in [1.165, 1.54) is 0 Å². The maximum absolute atomic E-state index is 13.1. The smallest absolute Gasteiger partial charge is 0.306 e. The fraction of sp³-hybridized carbons (Fsp3) is 0.593. The first-order valence-electron chi connectivity index (χ1n) is 11.8. The van der Waals surface area contributed by atoms with Gasteiger partial charge in [0.05, 0.1) is 6.10 Å². The van der Waals surface area contributed by atoms with Crippen molar-refractivity contribution in [3.05, 3.63) is 47.2 Å². The lowest BCUT2D eigenvalue weighted by Crippen LogP contribution is -2.39. The van der Waals surface area contributed by atoms with E-state index in [-0.39, 0.29) is 24.1 Å². The Labute approximate surface area is 197 Å². The van der Waals surface area contributed by atoms with Crippen LogP contribution in [0.2, 0.25) is 0 Å². The van der Waals surface area contributed by atoms with Crippen molar-refractivity contribution < 1.29 is 23.8 Å². The van der Waals surface area contributed by atoms with Crippen molar-refractivity contribution in [2.24, 2.45) is 17.3 Å².